The molecule has 1 unspecified atom stereocenters. The average Bonchev–Trinajstić information content (AvgIpc) is 3.44. The molecule has 1 aliphatic heterocycles. The normalized spacial score (nSPS) is 16.0. The van der Waals surface area contributed by atoms with Crippen molar-refractivity contribution in [1.82, 2.24) is 0 Å². The van der Waals surface area contributed by atoms with Crippen LogP contribution in [-0.2, 0) is 0 Å². The third-order valence-electron chi connectivity index (χ3n) is 5.38. The number of anilines is 1. The molecule has 1 fully saturated rings. The highest BCUT2D eigenvalue weighted by atomic mass is 16.7. The highest BCUT2D eigenvalue weighted by Gasteiger charge is 2.32. The Morgan fingerprint density at radius 2 is 1.97 bits per heavy atom. The predicted octanol–water partition coefficient (Wildman–Crippen LogP) is 4.12. The molecule has 0 amide bonds. The number of ether oxygens (including phenoxy) is 2. The van der Waals surface area contributed by atoms with E-state index in [1.54, 1.807) is 37.3 Å². The van der Waals surface area contributed by atoms with Gasteiger partial charge in [0.25, 0.3) is 0 Å². The molecule has 3 N–H and O–H groups in total. The summed E-state index contributed by atoms with van der Waals surface area (Å²) in [4.78, 5) is 12.8. The molecule has 148 valence electrons. The molecule has 2 aliphatic rings. The van der Waals surface area contributed by atoms with Crippen LogP contribution in [0, 0.1) is 11.3 Å². The topological polar surface area (TPSA) is 105 Å². The van der Waals surface area contributed by atoms with Crippen molar-refractivity contribution in [3.8, 4) is 28.6 Å². The van der Waals surface area contributed by atoms with Crippen LogP contribution in [0.25, 0.3) is 22.3 Å². The quantitative estimate of drug-likeness (QED) is 0.564. The van der Waals surface area contributed by atoms with E-state index in [1.807, 2.05) is 6.07 Å². The van der Waals surface area contributed by atoms with E-state index in [2.05, 4.69) is 5.32 Å². The van der Waals surface area contributed by atoms with Crippen LogP contribution < -0.4 is 20.2 Å². The molecule has 0 bridgehead atoms. The monoisotopic (exact) mass is 392 g/mol. The summed E-state index contributed by atoms with van der Waals surface area (Å²) < 4.78 is 16.5. The molecule has 29 heavy (non-hydrogen) atoms. The highest BCUT2D eigenvalue weighted by Crippen LogP contribution is 2.39. The summed E-state index contributed by atoms with van der Waals surface area (Å²) in [5.74, 6) is 1.25. The lowest BCUT2D eigenvalue weighted by Crippen LogP contribution is -2.29. The van der Waals surface area contributed by atoms with Crippen LogP contribution in [0.5, 0.6) is 17.2 Å². The zero-order valence-electron chi connectivity index (χ0n) is 15.8. The smallest absolute Gasteiger partial charge is 0.235 e. The number of hydrogen-bond acceptors (Lipinski definition) is 7. The van der Waals surface area contributed by atoms with E-state index in [-0.39, 0.29) is 24.0 Å². The highest BCUT2D eigenvalue weighted by molar-refractivity contribution is 5.89. The maximum atomic E-state index is 12.8. The first-order valence-corrected chi connectivity index (χ1v) is 9.52. The molecule has 7 nitrogen and oxygen atoms in total. The molecule has 2 aromatic carbocycles. The number of benzene rings is 2. The van der Waals surface area contributed by atoms with Gasteiger partial charge in [0.1, 0.15) is 5.58 Å². The molecule has 2 heterocycles. The molecule has 1 atom stereocenters. The SMILES string of the molecule is CC(=N)C(Nc1ccc2oc(-c3ccc4c(c3)OCO4)c(O)c(=O)c2c1)C1CC1. The maximum Gasteiger partial charge on any atom is 0.235 e. The van der Waals surface area contributed by atoms with Crippen molar-refractivity contribution in [2.45, 2.75) is 25.8 Å². The molecule has 0 radical (unpaired) electrons. The van der Waals surface area contributed by atoms with Crippen LogP contribution in [-0.4, -0.2) is 23.7 Å². The molecule has 0 saturated heterocycles. The molecule has 1 aliphatic carbocycles. The zero-order chi connectivity index (χ0) is 20.1. The Morgan fingerprint density at radius 1 is 1.17 bits per heavy atom. The van der Waals surface area contributed by atoms with Crippen LogP contribution in [0.15, 0.2) is 45.6 Å². The van der Waals surface area contributed by atoms with Gasteiger partial charge in [-0.1, -0.05) is 0 Å². The number of aromatic hydroxyl groups is 1. The van der Waals surface area contributed by atoms with Crippen molar-refractivity contribution in [2.75, 3.05) is 12.1 Å². The summed E-state index contributed by atoms with van der Waals surface area (Å²) in [6.45, 7) is 1.92. The van der Waals surface area contributed by atoms with E-state index in [9.17, 15) is 9.90 Å². The van der Waals surface area contributed by atoms with E-state index in [1.165, 1.54) is 0 Å². The van der Waals surface area contributed by atoms with E-state index < -0.39 is 11.2 Å². The molecule has 1 aromatic heterocycles. The minimum atomic E-state index is -0.503. The zero-order valence-corrected chi connectivity index (χ0v) is 15.8. The van der Waals surface area contributed by atoms with Crippen molar-refractivity contribution in [2.24, 2.45) is 5.92 Å². The predicted molar refractivity (Wildman–Crippen MR) is 109 cm³/mol. The van der Waals surface area contributed by atoms with Crippen molar-refractivity contribution in [1.29, 1.82) is 5.41 Å². The second-order valence-electron chi connectivity index (χ2n) is 7.53. The van der Waals surface area contributed by atoms with Gasteiger partial charge in [0, 0.05) is 17.0 Å². The Bertz CT molecular complexity index is 1200. The van der Waals surface area contributed by atoms with E-state index >= 15 is 0 Å². The number of fused-ring (bicyclic) bond motifs is 2. The lowest BCUT2D eigenvalue weighted by molar-refractivity contribution is 0.174. The molecule has 7 heteroatoms. The Kier molecular flexibility index (Phi) is 3.97. The number of nitrogens with one attached hydrogen (secondary N) is 2. The third kappa shape index (κ3) is 3.08. The maximum absolute atomic E-state index is 12.8. The fraction of sp³-hybridized carbons (Fsp3) is 0.273. The minimum absolute atomic E-state index is 0.0407. The van der Waals surface area contributed by atoms with Gasteiger partial charge in [-0.3, -0.25) is 4.79 Å². The average molecular weight is 392 g/mol. The Labute approximate surface area is 166 Å². The largest absolute Gasteiger partial charge is 0.502 e. The number of rotatable bonds is 5. The van der Waals surface area contributed by atoms with Gasteiger partial charge < -0.3 is 29.7 Å². The first kappa shape index (κ1) is 17.6. The van der Waals surface area contributed by atoms with Crippen LogP contribution in [0.3, 0.4) is 0 Å². The summed E-state index contributed by atoms with van der Waals surface area (Å²) >= 11 is 0. The van der Waals surface area contributed by atoms with Crippen molar-refractivity contribution in [3.63, 3.8) is 0 Å². The van der Waals surface area contributed by atoms with Crippen LogP contribution >= 0.6 is 0 Å². The van der Waals surface area contributed by atoms with Gasteiger partial charge >= 0.3 is 0 Å². The van der Waals surface area contributed by atoms with Gasteiger partial charge in [-0.25, -0.2) is 0 Å². The second-order valence-corrected chi connectivity index (χ2v) is 7.53. The summed E-state index contributed by atoms with van der Waals surface area (Å²) in [6, 6.07) is 10.3. The van der Waals surface area contributed by atoms with Gasteiger partial charge in [-0.05, 0) is 62.1 Å². The second kappa shape index (κ2) is 6.55. The summed E-state index contributed by atoms with van der Waals surface area (Å²) in [7, 11) is 0. The molecule has 0 spiro atoms. The Morgan fingerprint density at radius 3 is 2.72 bits per heavy atom. The van der Waals surface area contributed by atoms with E-state index in [4.69, 9.17) is 19.3 Å². The number of hydrogen-bond donors (Lipinski definition) is 3. The van der Waals surface area contributed by atoms with Gasteiger partial charge in [-0.15, -0.1) is 0 Å². The summed E-state index contributed by atoms with van der Waals surface area (Å²) in [5, 5.41) is 22.1. The van der Waals surface area contributed by atoms with Crippen molar-refractivity contribution in [3.05, 3.63) is 46.6 Å². The third-order valence-corrected chi connectivity index (χ3v) is 5.38. The lowest BCUT2D eigenvalue weighted by Gasteiger charge is -2.18. The Hall–Kier alpha value is -3.48. The molecule has 5 rings (SSSR count). The Balaban J connectivity index is 1.55. The van der Waals surface area contributed by atoms with E-state index in [0.29, 0.717) is 34.3 Å². The molecule has 1 saturated carbocycles. The first-order chi connectivity index (χ1) is 14.0. The minimum Gasteiger partial charge on any atom is -0.502 e. The van der Waals surface area contributed by atoms with Gasteiger partial charge in [-0.2, -0.15) is 0 Å². The van der Waals surface area contributed by atoms with Crippen molar-refractivity contribution >= 4 is 22.4 Å². The van der Waals surface area contributed by atoms with Crippen LogP contribution in [0.2, 0.25) is 0 Å². The van der Waals surface area contributed by atoms with Gasteiger partial charge in [0.2, 0.25) is 18.0 Å². The van der Waals surface area contributed by atoms with Gasteiger partial charge in [0.15, 0.2) is 17.3 Å². The molecule has 3 aromatic rings. The van der Waals surface area contributed by atoms with Crippen LogP contribution in [0.4, 0.5) is 5.69 Å². The summed E-state index contributed by atoms with van der Waals surface area (Å²) in [5.41, 5.74) is 1.70. The van der Waals surface area contributed by atoms with Crippen molar-refractivity contribution < 1.29 is 19.0 Å². The van der Waals surface area contributed by atoms with E-state index in [0.717, 1.165) is 18.5 Å². The lowest BCUT2D eigenvalue weighted by atomic mass is 10.1. The van der Waals surface area contributed by atoms with Crippen LogP contribution in [0.1, 0.15) is 19.8 Å². The summed E-state index contributed by atoms with van der Waals surface area (Å²) in [6.07, 6.45) is 2.20. The first-order valence-electron chi connectivity index (χ1n) is 9.52. The van der Waals surface area contributed by atoms with Gasteiger partial charge in [0.05, 0.1) is 11.4 Å². The fourth-order valence-corrected chi connectivity index (χ4v) is 3.70. The fourth-order valence-electron chi connectivity index (χ4n) is 3.70. The molecular weight excluding hydrogens is 372 g/mol. The molecular formula is C22H20N2O5. The standard InChI is InChI=1S/C22H20N2O5/c1-11(23)19(12-2-3-12)24-14-5-7-16-15(9-14)20(25)21(26)22(29-16)13-4-6-17-18(8-13)28-10-27-17/h4-9,12,19,23-24,26H,2-3,10H2,1H3.